The van der Waals surface area contributed by atoms with E-state index in [0.717, 1.165) is 25.0 Å². The Bertz CT molecular complexity index is 608. The Morgan fingerprint density at radius 1 is 1.10 bits per heavy atom. The number of rotatable bonds is 4. The van der Waals surface area contributed by atoms with Crippen LogP contribution in [0.25, 0.3) is 0 Å². The molecule has 0 amide bonds. The number of ether oxygens (including phenoxy) is 1. The second-order valence-electron chi connectivity index (χ2n) is 5.62. The summed E-state index contributed by atoms with van der Waals surface area (Å²) in [4.78, 5) is 0. The van der Waals surface area contributed by atoms with E-state index in [-0.39, 0.29) is 12.1 Å². The second-order valence-corrected chi connectivity index (χ2v) is 5.62. The first kappa shape index (κ1) is 14.2. The highest BCUT2D eigenvalue weighted by Gasteiger charge is 2.30. The summed E-state index contributed by atoms with van der Waals surface area (Å²) in [5.74, 6) is 1.03. The topological polar surface area (TPSA) is 21.3 Å². The van der Waals surface area contributed by atoms with Crippen molar-refractivity contribution >= 4 is 0 Å². The van der Waals surface area contributed by atoms with Gasteiger partial charge in [0.1, 0.15) is 11.9 Å². The highest BCUT2D eigenvalue weighted by atomic mass is 16.5. The van der Waals surface area contributed by atoms with Gasteiger partial charge in [-0.2, -0.15) is 0 Å². The molecule has 1 aliphatic carbocycles. The quantitative estimate of drug-likeness (QED) is 0.917. The zero-order chi connectivity index (χ0) is 14.7. The fraction of sp³-hybridized carbons (Fsp3) is 0.368. The molecule has 110 valence electrons. The molecule has 2 heteroatoms. The lowest BCUT2D eigenvalue weighted by Crippen LogP contribution is -2.38. The van der Waals surface area contributed by atoms with Crippen LogP contribution in [0.3, 0.4) is 0 Å². The summed E-state index contributed by atoms with van der Waals surface area (Å²) >= 11 is 0. The molecule has 0 saturated heterocycles. The number of fused-ring (bicyclic) bond motifs is 1. The summed E-state index contributed by atoms with van der Waals surface area (Å²) in [5, 5.41) is 3.44. The molecule has 2 aromatic rings. The van der Waals surface area contributed by atoms with E-state index in [1.807, 2.05) is 7.05 Å². The van der Waals surface area contributed by atoms with Crippen molar-refractivity contribution in [1.29, 1.82) is 0 Å². The van der Waals surface area contributed by atoms with Crippen molar-refractivity contribution in [2.24, 2.45) is 0 Å². The molecule has 0 spiro atoms. The van der Waals surface area contributed by atoms with E-state index in [2.05, 4.69) is 60.8 Å². The van der Waals surface area contributed by atoms with Gasteiger partial charge in [-0.25, -0.2) is 0 Å². The van der Waals surface area contributed by atoms with Gasteiger partial charge in [0.2, 0.25) is 0 Å². The molecule has 1 aliphatic rings. The van der Waals surface area contributed by atoms with Crippen LogP contribution in [0.4, 0.5) is 0 Å². The first-order chi connectivity index (χ1) is 10.3. The number of hydrogen-bond donors (Lipinski definition) is 1. The van der Waals surface area contributed by atoms with Gasteiger partial charge in [0.15, 0.2) is 0 Å². The summed E-state index contributed by atoms with van der Waals surface area (Å²) < 4.78 is 6.38. The van der Waals surface area contributed by atoms with Gasteiger partial charge in [-0.15, -0.1) is 0 Å². The molecule has 0 bridgehead atoms. The molecule has 1 N–H and O–H groups in total. The van der Waals surface area contributed by atoms with E-state index >= 15 is 0 Å². The van der Waals surface area contributed by atoms with Crippen LogP contribution >= 0.6 is 0 Å². The molecule has 2 nitrogen and oxygen atoms in total. The Labute approximate surface area is 127 Å². The van der Waals surface area contributed by atoms with Crippen molar-refractivity contribution in [3.05, 3.63) is 65.2 Å². The monoisotopic (exact) mass is 281 g/mol. The van der Waals surface area contributed by atoms with Gasteiger partial charge in [0.05, 0.1) is 6.04 Å². The molecule has 0 aromatic heterocycles. The third-order valence-electron chi connectivity index (χ3n) is 4.40. The first-order valence-electron chi connectivity index (χ1n) is 7.83. The van der Waals surface area contributed by atoms with Crippen molar-refractivity contribution in [2.45, 2.75) is 38.3 Å². The summed E-state index contributed by atoms with van der Waals surface area (Å²) in [5.41, 5.74) is 4.11. The normalized spacial score (nSPS) is 20.9. The maximum absolute atomic E-state index is 6.38. The van der Waals surface area contributed by atoms with Crippen molar-refractivity contribution in [1.82, 2.24) is 5.32 Å². The molecule has 0 saturated carbocycles. The Kier molecular flexibility index (Phi) is 4.26. The van der Waals surface area contributed by atoms with Gasteiger partial charge in [0.25, 0.3) is 0 Å². The molecular weight excluding hydrogens is 258 g/mol. The SMILES string of the molecule is CCc1ccccc1OC1CCc2ccccc2C1NC. The molecule has 2 aromatic carbocycles. The minimum Gasteiger partial charge on any atom is -0.488 e. The maximum Gasteiger partial charge on any atom is 0.123 e. The van der Waals surface area contributed by atoms with Gasteiger partial charge >= 0.3 is 0 Å². The van der Waals surface area contributed by atoms with Crippen LogP contribution in [0.1, 0.15) is 36.1 Å². The van der Waals surface area contributed by atoms with Crippen LogP contribution in [0.5, 0.6) is 5.75 Å². The minimum atomic E-state index is 0.192. The van der Waals surface area contributed by atoms with Crippen molar-refractivity contribution in [3.8, 4) is 5.75 Å². The zero-order valence-corrected chi connectivity index (χ0v) is 12.8. The standard InChI is InChI=1S/C19H23NO/c1-3-14-8-5-7-11-17(14)21-18-13-12-15-9-4-6-10-16(15)19(18)20-2/h4-11,18-20H,3,12-13H2,1-2H3. The third-order valence-corrected chi connectivity index (χ3v) is 4.40. The van der Waals surface area contributed by atoms with E-state index in [4.69, 9.17) is 4.74 Å². The fourth-order valence-corrected chi connectivity index (χ4v) is 3.27. The summed E-state index contributed by atoms with van der Waals surface area (Å²) in [6, 6.07) is 17.3. The number of nitrogens with one attached hydrogen (secondary N) is 1. The van der Waals surface area contributed by atoms with Crippen LogP contribution in [-0.4, -0.2) is 13.2 Å². The highest BCUT2D eigenvalue weighted by Crippen LogP contribution is 2.33. The van der Waals surface area contributed by atoms with E-state index in [1.54, 1.807) is 0 Å². The molecule has 21 heavy (non-hydrogen) atoms. The van der Waals surface area contributed by atoms with E-state index in [1.165, 1.54) is 16.7 Å². The lowest BCUT2D eigenvalue weighted by atomic mass is 9.85. The van der Waals surface area contributed by atoms with Crippen LogP contribution in [0, 0.1) is 0 Å². The van der Waals surface area contributed by atoms with Gasteiger partial charge in [-0.05, 0) is 49.1 Å². The third kappa shape index (κ3) is 2.81. The highest BCUT2D eigenvalue weighted by molar-refractivity contribution is 5.36. The average molecular weight is 281 g/mol. The number of likely N-dealkylation sites (N-methyl/N-ethyl adjacent to an activating group) is 1. The van der Waals surface area contributed by atoms with Crippen LogP contribution in [0.15, 0.2) is 48.5 Å². The van der Waals surface area contributed by atoms with Crippen molar-refractivity contribution in [3.63, 3.8) is 0 Å². The van der Waals surface area contributed by atoms with Crippen molar-refractivity contribution in [2.75, 3.05) is 7.05 Å². The number of benzene rings is 2. The first-order valence-corrected chi connectivity index (χ1v) is 7.83. The van der Waals surface area contributed by atoms with Crippen molar-refractivity contribution < 1.29 is 4.74 Å². The Morgan fingerprint density at radius 3 is 2.67 bits per heavy atom. The largest absolute Gasteiger partial charge is 0.488 e. The number of hydrogen-bond acceptors (Lipinski definition) is 2. The average Bonchev–Trinajstić information content (AvgIpc) is 2.55. The Hall–Kier alpha value is -1.80. The summed E-state index contributed by atoms with van der Waals surface area (Å²) in [7, 11) is 2.02. The molecular formula is C19H23NO. The number of aryl methyl sites for hydroxylation is 2. The van der Waals surface area contributed by atoms with Gasteiger partial charge in [0, 0.05) is 0 Å². The van der Waals surface area contributed by atoms with E-state index in [0.29, 0.717) is 0 Å². The lowest BCUT2D eigenvalue weighted by molar-refractivity contribution is 0.138. The second kappa shape index (κ2) is 6.31. The van der Waals surface area contributed by atoms with Crippen LogP contribution in [-0.2, 0) is 12.8 Å². The molecule has 3 rings (SSSR count). The Morgan fingerprint density at radius 2 is 1.86 bits per heavy atom. The zero-order valence-electron chi connectivity index (χ0n) is 12.8. The van der Waals surface area contributed by atoms with E-state index < -0.39 is 0 Å². The predicted octanol–water partition coefficient (Wildman–Crippen LogP) is 3.90. The molecule has 2 unspecified atom stereocenters. The predicted molar refractivity (Wildman–Crippen MR) is 86.8 cm³/mol. The molecule has 0 fully saturated rings. The van der Waals surface area contributed by atoms with E-state index in [9.17, 15) is 0 Å². The fourth-order valence-electron chi connectivity index (χ4n) is 3.27. The molecule has 0 heterocycles. The summed E-state index contributed by atoms with van der Waals surface area (Å²) in [6.45, 7) is 2.17. The van der Waals surface area contributed by atoms with Gasteiger partial charge in [-0.3, -0.25) is 0 Å². The molecule has 0 aliphatic heterocycles. The van der Waals surface area contributed by atoms with Gasteiger partial charge < -0.3 is 10.1 Å². The minimum absolute atomic E-state index is 0.192. The Balaban J connectivity index is 1.86. The smallest absolute Gasteiger partial charge is 0.123 e. The number of para-hydroxylation sites is 1. The maximum atomic E-state index is 6.38. The molecule has 2 atom stereocenters. The molecule has 0 radical (unpaired) electrons. The van der Waals surface area contributed by atoms with Crippen LogP contribution in [0.2, 0.25) is 0 Å². The van der Waals surface area contributed by atoms with Crippen LogP contribution < -0.4 is 10.1 Å². The lowest BCUT2D eigenvalue weighted by Gasteiger charge is -2.34. The van der Waals surface area contributed by atoms with Gasteiger partial charge in [-0.1, -0.05) is 49.4 Å². The summed E-state index contributed by atoms with van der Waals surface area (Å²) in [6.07, 6.45) is 3.34.